The van der Waals surface area contributed by atoms with E-state index in [0.717, 1.165) is 22.9 Å². The van der Waals surface area contributed by atoms with Gasteiger partial charge in [0.1, 0.15) is 0 Å². The van der Waals surface area contributed by atoms with Crippen molar-refractivity contribution in [2.45, 2.75) is 26.2 Å². The average Bonchev–Trinajstić information content (AvgIpc) is 2.52. The normalized spacial score (nSPS) is 16.7. The second kappa shape index (κ2) is 7.77. The summed E-state index contributed by atoms with van der Waals surface area (Å²) in [4.78, 5) is 27.4. The van der Waals surface area contributed by atoms with E-state index in [9.17, 15) is 9.59 Å². The van der Waals surface area contributed by atoms with E-state index < -0.39 is 0 Å². The molecule has 120 valence electrons. The third-order valence-corrected chi connectivity index (χ3v) is 4.52. The predicted molar refractivity (Wildman–Crippen MR) is 90.6 cm³/mol. The Kier molecular flexibility index (Phi) is 6.00. The van der Waals surface area contributed by atoms with Gasteiger partial charge in [-0.25, -0.2) is 0 Å². The molecule has 1 aromatic carbocycles. The molecule has 1 fully saturated rings. The minimum Gasteiger partial charge on any atom is -0.342 e. The van der Waals surface area contributed by atoms with Crippen LogP contribution in [0.4, 0.5) is 0 Å². The molecule has 4 nitrogen and oxygen atoms in total. The third kappa shape index (κ3) is 4.32. The zero-order valence-electron chi connectivity index (χ0n) is 13.2. The summed E-state index contributed by atoms with van der Waals surface area (Å²) in [6.45, 7) is 6.79. The lowest BCUT2D eigenvalue weighted by Gasteiger charge is -2.35. The molecular weight excluding hydrogens is 344 g/mol. The first-order valence-corrected chi connectivity index (χ1v) is 8.54. The van der Waals surface area contributed by atoms with Crippen molar-refractivity contribution in [2.24, 2.45) is 5.92 Å². The van der Waals surface area contributed by atoms with Crippen LogP contribution >= 0.6 is 15.9 Å². The molecule has 1 heterocycles. The number of nitrogens with zero attached hydrogens (tertiary/aromatic N) is 2. The van der Waals surface area contributed by atoms with Gasteiger partial charge in [-0.1, -0.05) is 41.9 Å². The van der Waals surface area contributed by atoms with Crippen LogP contribution in [0, 0.1) is 5.92 Å². The summed E-state index contributed by atoms with van der Waals surface area (Å²) in [7, 11) is 0. The van der Waals surface area contributed by atoms with Crippen LogP contribution in [0.15, 0.2) is 28.7 Å². The number of hydrogen-bond donors (Lipinski definition) is 0. The summed E-state index contributed by atoms with van der Waals surface area (Å²) in [5.41, 5.74) is 1.06. The molecule has 2 amide bonds. The Morgan fingerprint density at radius 2 is 1.95 bits per heavy atom. The summed E-state index contributed by atoms with van der Waals surface area (Å²) >= 11 is 3.49. The van der Waals surface area contributed by atoms with Crippen molar-refractivity contribution in [1.82, 2.24) is 9.80 Å². The molecule has 1 aliphatic heterocycles. The number of hydrogen-bond acceptors (Lipinski definition) is 2. The van der Waals surface area contributed by atoms with Gasteiger partial charge in [-0.3, -0.25) is 9.59 Å². The largest absolute Gasteiger partial charge is 0.342 e. The molecule has 0 aromatic heterocycles. The SMILES string of the molecule is CC(C)CC(C(=O)N1CCN(C=O)CC1)c1cccc(Br)c1. The van der Waals surface area contributed by atoms with E-state index >= 15 is 0 Å². The Morgan fingerprint density at radius 1 is 1.27 bits per heavy atom. The van der Waals surface area contributed by atoms with E-state index in [1.807, 2.05) is 29.2 Å². The Bertz CT molecular complexity index is 525. The van der Waals surface area contributed by atoms with E-state index in [4.69, 9.17) is 0 Å². The van der Waals surface area contributed by atoms with Crippen molar-refractivity contribution in [3.05, 3.63) is 34.3 Å². The first kappa shape index (κ1) is 17.0. The maximum Gasteiger partial charge on any atom is 0.230 e. The maximum absolute atomic E-state index is 12.9. The second-order valence-electron chi connectivity index (χ2n) is 6.20. The van der Waals surface area contributed by atoms with Gasteiger partial charge < -0.3 is 9.80 Å². The molecule has 0 bridgehead atoms. The fourth-order valence-corrected chi connectivity index (χ4v) is 3.26. The molecule has 1 aromatic rings. The molecule has 1 aliphatic rings. The molecule has 0 spiro atoms. The number of rotatable bonds is 5. The van der Waals surface area contributed by atoms with Gasteiger partial charge in [-0.05, 0) is 30.0 Å². The van der Waals surface area contributed by atoms with Crippen molar-refractivity contribution in [3.63, 3.8) is 0 Å². The summed E-state index contributed by atoms with van der Waals surface area (Å²) in [5, 5.41) is 0. The molecule has 1 unspecified atom stereocenters. The highest BCUT2D eigenvalue weighted by Gasteiger charge is 2.28. The third-order valence-electron chi connectivity index (χ3n) is 4.03. The topological polar surface area (TPSA) is 40.6 Å². The van der Waals surface area contributed by atoms with Crippen LogP contribution in [-0.2, 0) is 9.59 Å². The number of benzene rings is 1. The van der Waals surface area contributed by atoms with Gasteiger partial charge in [0.2, 0.25) is 12.3 Å². The summed E-state index contributed by atoms with van der Waals surface area (Å²) < 4.78 is 0.998. The molecule has 1 atom stereocenters. The lowest BCUT2D eigenvalue weighted by molar-refractivity contribution is -0.137. The number of carbonyl (C=O) groups excluding carboxylic acids is 2. The maximum atomic E-state index is 12.9. The van der Waals surface area contributed by atoms with Crippen LogP contribution in [0.5, 0.6) is 0 Å². The van der Waals surface area contributed by atoms with Crippen molar-refractivity contribution >= 4 is 28.2 Å². The fourth-order valence-electron chi connectivity index (χ4n) is 2.84. The van der Waals surface area contributed by atoms with Gasteiger partial charge in [-0.15, -0.1) is 0 Å². The molecule has 0 aliphatic carbocycles. The average molecular weight is 367 g/mol. The molecule has 0 saturated carbocycles. The lowest BCUT2D eigenvalue weighted by Crippen LogP contribution is -2.49. The lowest BCUT2D eigenvalue weighted by atomic mass is 9.89. The van der Waals surface area contributed by atoms with E-state index in [-0.39, 0.29) is 11.8 Å². The van der Waals surface area contributed by atoms with Crippen LogP contribution in [0.1, 0.15) is 31.7 Å². The molecular formula is C17H23BrN2O2. The van der Waals surface area contributed by atoms with E-state index in [0.29, 0.717) is 32.1 Å². The number of piperazine rings is 1. The van der Waals surface area contributed by atoms with Crippen LogP contribution in [0.2, 0.25) is 0 Å². The van der Waals surface area contributed by atoms with E-state index in [2.05, 4.69) is 29.8 Å². The van der Waals surface area contributed by atoms with Crippen LogP contribution in [0.25, 0.3) is 0 Å². The molecule has 0 N–H and O–H groups in total. The second-order valence-corrected chi connectivity index (χ2v) is 7.12. The van der Waals surface area contributed by atoms with E-state index in [1.165, 1.54) is 0 Å². The molecule has 2 rings (SSSR count). The van der Waals surface area contributed by atoms with Gasteiger partial charge in [0.05, 0.1) is 5.92 Å². The van der Waals surface area contributed by atoms with Crippen molar-refractivity contribution in [1.29, 1.82) is 0 Å². The van der Waals surface area contributed by atoms with Crippen LogP contribution in [0.3, 0.4) is 0 Å². The standard InChI is InChI=1S/C17H23BrN2O2/c1-13(2)10-16(14-4-3-5-15(18)11-14)17(22)20-8-6-19(12-21)7-9-20/h3-5,11-13,16H,6-10H2,1-2H3. The molecule has 0 radical (unpaired) electrons. The quantitative estimate of drug-likeness (QED) is 0.751. The first-order valence-electron chi connectivity index (χ1n) is 7.75. The first-order chi connectivity index (χ1) is 10.5. The molecule has 1 saturated heterocycles. The van der Waals surface area contributed by atoms with Crippen molar-refractivity contribution in [3.8, 4) is 0 Å². The molecule has 22 heavy (non-hydrogen) atoms. The monoisotopic (exact) mass is 366 g/mol. The smallest absolute Gasteiger partial charge is 0.230 e. The minimum absolute atomic E-state index is 0.111. The summed E-state index contributed by atoms with van der Waals surface area (Å²) in [6.07, 6.45) is 1.70. The Morgan fingerprint density at radius 3 is 2.50 bits per heavy atom. The van der Waals surface area contributed by atoms with Gasteiger partial charge in [-0.2, -0.15) is 0 Å². The van der Waals surface area contributed by atoms with Crippen LogP contribution in [-0.4, -0.2) is 48.3 Å². The summed E-state index contributed by atoms with van der Waals surface area (Å²) in [5.74, 6) is 0.516. The number of amides is 2. The van der Waals surface area contributed by atoms with Crippen molar-refractivity contribution in [2.75, 3.05) is 26.2 Å². The summed E-state index contributed by atoms with van der Waals surface area (Å²) in [6, 6.07) is 8.01. The van der Waals surface area contributed by atoms with Crippen molar-refractivity contribution < 1.29 is 9.59 Å². The van der Waals surface area contributed by atoms with Gasteiger partial charge in [0, 0.05) is 30.7 Å². The number of carbonyl (C=O) groups is 2. The van der Waals surface area contributed by atoms with Gasteiger partial charge >= 0.3 is 0 Å². The highest BCUT2D eigenvalue weighted by molar-refractivity contribution is 9.10. The highest BCUT2D eigenvalue weighted by atomic mass is 79.9. The minimum atomic E-state index is -0.111. The Hall–Kier alpha value is -1.36. The van der Waals surface area contributed by atoms with Gasteiger partial charge in [0.25, 0.3) is 0 Å². The zero-order valence-corrected chi connectivity index (χ0v) is 14.8. The zero-order chi connectivity index (χ0) is 16.1. The fraction of sp³-hybridized carbons (Fsp3) is 0.529. The van der Waals surface area contributed by atoms with Crippen LogP contribution < -0.4 is 0 Å². The Balaban J connectivity index is 2.15. The predicted octanol–water partition coefficient (Wildman–Crippen LogP) is 2.88. The van der Waals surface area contributed by atoms with E-state index in [1.54, 1.807) is 4.90 Å². The highest BCUT2D eigenvalue weighted by Crippen LogP contribution is 2.28. The van der Waals surface area contributed by atoms with Gasteiger partial charge in [0.15, 0.2) is 0 Å². The molecule has 5 heteroatoms. The Labute approximate surface area is 140 Å². The number of halogens is 1.